The van der Waals surface area contributed by atoms with Crippen LogP contribution in [0.3, 0.4) is 0 Å². The lowest BCUT2D eigenvalue weighted by molar-refractivity contribution is -0.175. The molecule has 0 aliphatic carbocycles. The molecule has 102 valence electrons. The van der Waals surface area contributed by atoms with Crippen molar-refractivity contribution in [2.24, 2.45) is 4.99 Å². The van der Waals surface area contributed by atoms with Crippen molar-refractivity contribution in [3.63, 3.8) is 0 Å². The number of nitrogens with zero attached hydrogens (tertiary/aromatic N) is 2. The van der Waals surface area contributed by atoms with E-state index < -0.39 is 5.72 Å². The topological polar surface area (TPSA) is 51.1 Å². The molecule has 0 spiro atoms. The van der Waals surface area contributed by atoms with Gasteiger partial charge in [0.2, 0.25) is 0 Å². The Kier molecular flexibility index (Phi) is 3.91. The van der Waals surface area contributed by atoms with Gasteiger partial charge in [-0.3, -0.25) is 4.79 Å². The summed E-state index contributed by atoms with van der Waals surface area (Å²) in [5.74, 6) is 0.336. The highest BCUT2D eigenvalue weighted by Gasteiger charge is 2.38. The fourth-order valence-corrected chi connectivity index (χ4v) is 2.34. The lowest BCUT2D eigenvalue weighted by atomic mass is 10.1. The molecular weight excluding hydrogens is 312 g/mol. The highest BCUT2D eigenvalue weighted by atomic mass is 79.9. The SMILES string of the molecule is COC(=O)CC1(C)N=C(c2cccc(Br)c2)N(C)O1. The Morgan fingerprint density at radius 1 is 1.58 bits per heavy atom. The first kappa shape index (κ1) is 14.0. The minimum atomic E-state index is -0.917. The molecule has 0 fully saturated rings. The number of benzene rings is 1. The number of ether oxygens (including phenoxy) is 1. The molecule has 1 aliphatic heterocycles. The van der Waals surface area contributed by atoms with Crippen LogP contribution in [0.2, 0.25) is 0 Å². The molecule has 0 saturated carbocycles. The predicted octanol–water partition coefficient (Wildman–Crippen LogP) is 2.35. The zero-order valence-corrected chi connectivity index (χ0v) is 12.6. The molecular formula is C13H15BrN2O3. The molecule has 0 saturated heterocycles. The predicted molar refractivity (Wildman–Crippen MR) is 74.6 cm³/mol. The molecule has 0 amide bonds. The van der Waals surface area contributed by atoms with Gasteiger partial charge < -0.3 is 4.74 Å². The number of carbonyl (C=O) groups excluding carboxylic acids is 1. The van der Waals surface area contributed by atoms with Gasteiger partial charge in [0.15, 0.2) is 11.6 Å². The van der Waals surface area contributed by atoms with Gasteiger partial charge in [0.05, 0.1) is 13.5 Å². The first-order chi connectivity index (χ1) is 8.93. The Morgan fingerprint density at radius 2 is 2.32 bits per heavy atom. The molecule has 5 nitrogen and oxygen atoms in total. The molecule has 1 atom stereocenters. The minimum Gasteiger partial charge on any atom is -0.469 e. The van der Waals surface area contributed by atoms with E-state index in [4.69, 9.17) is 4.84 Å². The molecule has 1 aliphatic rings. The second kappa shape index (κ2) is 5.30. The van der Waals surface area contributed by atoms with Crippen molar-refractivity contribution in [3.05, 3.63) is 34.3 Å². The average Bonchev–Trinajstić information content (AvgIpc) is 2.64. The van der Waals surface area contributed by atoms with Crippen LogP contribution < -0.4 is 0 Å². The van der Waals surface area contributed by atoms with Gasteiger partial charge in [-0.25, -0.2) is 14.9 Å². The van der Waals surface area contributed by atoms with Crippen molar-refractivity contribution < 1.29 is 14.4 Å². The number of hydrogen-bond donors (Lipinski definition) is 0. The molecule has 0 aromatic heterocycles. The molecule has 0 N–H and O–H groups in total. The summed E-state index contributed by atoms with van der Waals surface area (Å²) in [7, 11) is 3.12. The lowest BCUT2D eigenvalue weighted by Crippen LogP contribution is -2.31. The number of carbonyl (C=O) groups is 1. The number of esters is 1. The van der Waals surface area contributed by atoms with E-state index >= 15 is 0 Å². The van der Waals surface area contributed by atoms with Gasteiger partial charge in [-0.2, -0.15) is 0 Å². The molecule has 0 bridgehead atoms. The number of aliphatic imine (C=N–C) groups is 1. The maximum Gasteiger partial charge on any atom is 0.310 e. The normalized spacial score (nSPS) is 22.3. The second-order valence-electron chi connectivity index (χ2n) is 4.46. The Labute approximate surface area is 120 Å². The molecule has 1 unspecified atom stereocenters. The average molecular weight is 327 g/mol. The Balaban J connectivity index is 2.28. The molecule has 0 radical (unpaired) electrons. The lowest BCUT2D eigenvalue weighted by Gasteiger charge is -2.20. The number of hydrogen-bond acceptors (Lipinski definition) is 5. The standard InChI is InChI=1S/C13H15BrN2O3/c1-13(8-11(17)18-3)15-12(16(2)19-13)9-5-4-6-10(14)7-9/h4-7H,8H2,1-3H3. The number of methoxy groups -OCH3 is 1. The van der Waals surface area contributed by atoms with Crippen LogP contribution in [-0.4, -0.2) is 36.8 Å². The third-order valence-corrected chi connectivity index (χ3v) is 3.25. The summed E-state index contributed by atoms with van der Waals surface area (Å²) in [5.41, 5.74) is 0.00456. The van der Waals surface area contributed by atoms with Gasteiger partial charge in [-0.15, -0.1) is 0 Å². The van der Waals surface area contributed by atoms with E-state index in [1.54, 1.807) is 19.0 Å². The fourth-order valence-electron chi connectivity index (χ4n) is 1.94. The van der Waals surface area contributed by atoms with Crippen molar-refractivity contribution in [2.75, 3.05) is 14.2 Å². The van der Waals surface area contributed by atoms with Gasteiger partial charge in [-0.05, 0) is 19.1 Å². The largest absolute Gasteiger partial charge is 0.469 e. The summed E-state index contributed by atoms with van der Waals surface area (Å²) >= 11 is 3.42. The molecule has 1 heterocycles. The monoisotopic (exact) mass is 326 g/mol. The molecule has 2 rings (SSSR count). The highest BCUT2D eigenvalue weighted by molar-refractivity contribution is 9.10. The van der Waals surface area contributed by atoms with E-state index in [-0.39, 0.29) is 12.4 Å². The smallest absolute Gasteiger partial charge is 0.310 e. The first-order valence-electron chi connectivity index (χ1n) is 5.79. The van der Waals surface area contributed by atoms with Crippen LogP contribution >= 0.6 is 15.9 Å². The van der Waals surface area contributed by atoms with Crippen molar-refractivity contribution in [1.82, 2.24) is 5.06 Å². The van der Waals surface area contributed by atoms with E-state index in [1.807, 2.05) is 24.3 Å². The van der Waals surface area contributed by atoms with Gasteiger partial charge in [0.25, 0.3) is 0 Å². The van der Waals surface area contributed by atoms with Crippen LogP contribution in [0, 0.1) is 0 Å². The fraction of sp³-hybridized carbons (Fsp3) is 0.385. The maximum absolute atomic E-state index is 11.4. The van der Waals surface area contributed by atoms with E-state index in [0.29, 0.717) is 5.84 Å². The van der Waals surface area contributed by atoms with E-state index in [2.05, 4.69) is 25.7 Å². The Morgan fingerprint density at radius 3 is 2.95 bits per heavy atom. The number of hydroxylamine groups is 2. The Hall–Kier alpha value is -1.40. The molecule has 1 aromatic rings. The second-order valence-corrected chi connectivity index (χ2v) is 5.38. The number of rotatable bonds is 3. The van der Waals surface area contributed by atoms with Crippen LogP contribution in [-0.2, 0) is 14.4 Å². The van der Waals surface area contributed by atoms with Gasteiger partial charge in [0, 0.05) is 17.1 Å². The molecule has 19 heavy (non-hydrogen) atoms. The maximum atomic E-state index is 11.4. The van der Waals surface area contributed by atoms with Crippen molar-refractivity contribution in [1.29, 1.82) is 0 Å². The summed E-state index contributed by atoms with van der Waals surface area (Å²) in [4.78, 5) is 21.5. The van der Waals surface area contributed by atoms with Crippen LogP contribution in [0.5, 0.6) is 0 Å². The van der Waals surface area contributed by atoms with Crippen LogP contribution in [0.4, 0.5) is 0 Å². The van der Waals surface area contributed by atoms with E-state index in [0.717, 1.165) is 10.0 Å². The van der Waals surface area contributed by atoms with Crippen LogP contribution in [0.15, 0.2) is 33.7 Å². The number of halogens is 1. The molecule has 6 heteroatoms. The van der Waals surface area contributed by atoms with E-state index in [1.165, 1.54) is 7.11 Å². The zero-order chi connectivity index (χ0) is 14.0. The molecule has 1 aromatic carbocycles. The zero-order valence-electron chi connectivity index (χ0n) is 11.0. The van der Waals surface area contributed by atoms with Gasteiger partial charge in [-0.1, -0.05) is 28.1 Å². The van der Waals surface area contributed by atoms with Crippen molar-refractivity contribution in [3.8, 4) is 0 Å². The number of amidine groups is 1. The summed E-state index contributed by atoms with van der Waals surface area (Å²) in [6, 6.07) is 7.75. The quantitative estimate of drug-likeness (QED) is 0.800. The van der Waals surface area contributed by atoms with E-state index in [9.17, 15) is 4.79 Å². The highest BCUT2D eigenvalue weighted by Crippen LogP contribution is 2.28. The van der Waals surface area contributed by atoms with Crippen LogP contribution in [0.25, 0.3) is 0 Å². The third kappa shape index (κ3) is 3.13. The third-order valence-electron chi connectivity index (χ3n) is 2.76. The van der Waals surface area contributed by atoms with Crippen molar-refractivity contribution in [2.45, 2.75) is 19.1 Å². The minimum absolute atomic E-state index is 0.0747. The summed E-state index contributed by atoms with van der Waals surface area (Å²) in [5, 5.41) is 1.57. The first-order valence-corrected chi connectivity index (χ1v) is 6.58. The summed E-state index contributed by atoms with van der Waals surface area (Å²) < 4.78 is 5.62. The van der Waals surface area contributed by atoms with Crippen LogP contribution in [0.1, 0.15) is 18.9 Å². The van der Waals surface area contributed by atoms with Gasteiger partial charge >= 0.3 is 5.97 Å². The Bertz CT molecular complexity index is 532. The van der Waals surface area contributed by atoms with Gasteiger partial charge in [0.1, 0.15) is 0 Å². The van der Waals surface area contributed by atoms with Crippen molar-refractivity contribution >= 4 is 27.7 Å². The summed E-state index contributed by atoms with van der Waals surface area (Å²) in [6.07, 6.45) is 0.0747. The summed E-state index contributed by atoms with van der Waals surface area (Å²) in [6.45, 7) is 1.76.